The summed E-state index contributed by atoms with van der Waals surface area (Å²) in [6.45, 7) is 1.54. The monoisotopic (exact) mass is 321 g/mol. The lowest BCUT2D eigenvalue weighted by atomic mass is 10.0. The fraction of sp³-hybridized carbons (Fsp3) is 0.500. The quantitative estimate of drug-likeness (QED) is 0.860. The van der Waals surface area contributed by atoms with E-state index >= 15 is 0 Å². The third kappa shape index (κ3) is 3.78. The van der Waals surface area contributed by atoms with Gasteiger partial charge in [0.2, 0.25) is 11.8 Å². The van der Waals surface area contributed by atoms with Gasteiger partial charge in [-0.05, 0) is 36.5 Å². The Labute approximate surface area is 135 Å². The SMILES string of the molecule is O=C1CN(C(=O)CN[C@@H](c2ccc(Cl)cc2)C2CC2)CCN1. The lowest BCUT2D eigenvalue weighted by molar-refractivity contribution is -0.137. The maximum absolute atomic E-state index is 12.2. The van der Waals surface area contributed by atoms with Gasteiger partial charge in [-0.2, -0.15) is 0 Å². The molecule has 1 aromatic rings. The van der Waals surface area contributed by atoms with Gasteiger partial charge in [-0.15, -0.1) is 0 Å². The van der Waals surface area contributed by atoms with Crippen LogP contribution in [0.3, 0.4) is 0 Å². The fourth-order valence-corrected chi connectivity index (χ4v) is 2.94. The molecule has 6 heteroatoms. The number of carbonyl (C=O) groups excluding carboxylic acids is 2. The van der Waals surface area contributed by atoms with E-state index in [1.807, 2.05) is 24.3 Å². The third-order valence-corrected chi connectivity index (χ3v) is 4.44. The molecular formula is C16H20ClN3O2. The Morgan fingerprint density at radius 3 is 2.73 bits per heavy atom. The molecule has 1 atom stereocenters. The number of benzene rings is 1. The summed E-state index contributed by atoms with van der Waals surface area (Å²) in [6.07, 6.45) is 2.36. The van der Waals surface area contributed by atoms with Crippen molar-refractivity contribution in [2.75, 3.05) is 26.2 Å². The van der Waals surface area contributed by atoms with E-state index < -0.39 is 0 Å². The minimum Gasteiger partial charge on any atom is -0.353 e. The molecule has 0 radical (unpaired) electrons. The van der Waals surface area contributed by atoms with Crippen LogP contribution >= 0.6 is 11.6 Å². The number of halogens is 1. The van der Waals surface area contributed by atoms with E-state index in [2.05, 4.69) is 10.6 Å². The molecule has 2 amide bonds. The van der Waals surface area contributed by atoms with Crippen molar-refractivity contribution in [1.82, 2.24) is 15.5 Å². The minimum absolute atomic E-state index is 0.0190. The number of amides is 2. The first-order valence-electron chi connectivity index (χ1n) is 7.67. The Hall–Kier alpha value is -1.59. The molecule has 3 rings (SSSR count). The number of nitrogens with zero attached hydrogens (tertiary/aromatic N) is 1. The molecule has 2 aliphatic rings. The highest BCUT2D eigenvalue weighted by Gasteiger charge is 2.33. The summed E-state index contributed by atoms with van der Waals surface area (Å²) in [7, 11) is 0. The highest BCUT2D eigenvalue weighted by Crippen LogP contribution is 2.41. The van der Waals surface area contributed by atoms with Crippen molar-refractivity contribution in [3.05, 3.63) is 34.9 Å². The van der Waals surface area contributed by atoms with Crippen LogP contribution in [0.1, 0.15) is 24.4 Å². The van der Waals surface area contributed by atoms with E-state index in [9.17, 15) is 9.59 Å². The summed E-state index contributed by atoms with van der Waals surface area (Å²) < 4.78 is 0. The van der Waals surface area contributed by atoms with Gasteiger partial charge in [-0.3, -0.25) is 9.59 Å². The van der Waals surface area contributed by atoms with E-state index in [-0.39, 0.29) is 30.9 Å². The second kappa shape index (κ2) is 6.67. The number of piperazine rings is 1. The molecule has 0 aromatic heterocycles. The highest BCUT2D eigenvalue weighted by molar-refractivity contribution is 6.30. The molecule has 0 spiro atoms. The zero-order valence-electron chi connectivity index (χ0n) is 12.3. The predicted octanol–water partition coefficient (Wildman–Crippen LogP) is 1.34. The summed E-state index contributed by atoms with van der Waals surface area (Å²) in [4.78, 5) is 25.2. The van der Waals surface area contributed by atoms with Crippen molar-refractivity contribution >= 4 is 23.4 Å². The molecular weight excluding hydrogens is 302 g/mol. The van der Waals surface area contributed by atoms with Gasteiger partial charge in [0, 0.05) is 24.2 Å². The number of hydrogen-bond acceptors (Lipinski definition) is 3. The Balaban J connectivity index is 1.59. The highest BCUT2D eigenvalue weighted by atomic mass is 35.5. The van der Waals surface area contributed by atoms with Crippen molar-refractivity contribution < 1.29 is 9.59 Å². The van der Waals surface area contributed by atoms with Crippen molar-refractivity contribution in [3.63, 3.8) is 0 Å². The Morgan fingerprint density at radius 2 is 2.09 bits per heavy atom. The molecule has 1 heterocycles. The second-order valence-corrected chi connectivity index (χ2v) is 6.35. The van der Waals surface area contributed by atoms with Gasteiger partial charge >= 0.3 is 0 Å². The van der Waals surface area contributed by atoms with Crippen LogP contribution in [0.25, 0.3) is 0 Å². The summed E-state index contributed by atoms with van der Waals surface area (Å²) in [6, 6.07) is 7.96. The first-order valence-corrected chi connectivity index (χ1v) is 8.04. The topological polar surface area (TPSA) is 61.4 Å². The zero-order chi connectivity index (χ0) is 15.5. The van der Waals surface area contributed by atoms with Crippen molar-refractivity contribution in [2.24, 2.45) is 5.92 Å². The Kier molecular flexibility index (Phi) is 4.64. The smallest absolute Gasteiger partial charge is 0.239 e. The number of rotatable bonds is 5. The fourth-order valence-electron chi connectivity index (χ4n) is 2.82. The van der Waals surface area contributed by atoms with Gasteiger partial charge in [0.25, 0.3) is 0 Å². The molecule has 2 fully saturated rings. The summed E-state index contributed by atoms with van der Waals surface area (Å²) in [5, 5.41) is 6.81. The maximum Gasteiger partial charge on any atom is 0.239 e. The van der Waals surface area contributed by atoms with Gasteiger partial charge < -0.3 is 15.5 Å². The molecule has 1 saturated carbocycles. The van der Waals surface area contributed by atoms with Crippen LogP contribution < -0.4 is 10.6 Å². The molecule has 118 valence electrons. The zero-order valence-corrected chi connectivity index (χ0v) is 13.1. The van der Waals surface area contributed by atoms with Crippen molar-refractivity contribution in [1.29, 1.82) is 0 Å². The van der Waals surface area contributed by atoms with Crippen LogP contribution in [0, 0.1) is 5.92 Å². The number of nitrogens with one attached hydrogen (secondary N) is 2. The summed E-state index contributed by atoms with van der Waals surface area (Å²) in [5.41, 5.74) is 1.16. The van der Waals surface area contributed by atoms with E-state index in [0.29, 0.717) is 24.0 Å². The van der Waals surface area contributed by atoms with Gasteiger partial charge in [0.15, 0.2) is 0 Å². The van der Waals surface area contributed by atoms with Crippen LogP contribution in [-0.2, 0) is 9.59 Å². The molecule has 5 nitrogen and oxygen atoms in total. The van der Waals surface area contributed by atoms with Crippen LogP contribution in [0.5, 0.6) is 0 Å². The van der Waals surface area contributed by atoms with Gasteiger partial charge in [0.05, 0.1) is 13.1 Å². The lowest BCUT2D eigenvalue weighted by Gasteiger charge is -2.28. The number of carbonyl (C=O) groups is 2. The normalized spacial score (nSPS) is 19.7. The van der Waals surface area contributed by atoms with Crippen LogP contribution in [0.2, 0.25) is 5.02 Å². The van der Waals surface area contributed by atoms with Crippen molar-refractivity contribution in [2.45, 2.75) is 18.9 Å². The van der Waals surface area contributed by atoms with E-state index in [4.69, 9.17) is 11.6 Å². The van der Waals surface area contributed by atoms with E-state index in [1.165, 1.54) is 12.8 Å². The van der Waals surface area contributed by atoms with Crippen LogP contribution in [-0.4, -0.2) is 42.9 Å². The molecule has 1 aromatic carbocycles. The third-order valence-electron chi connectivity index (χ3n) is 4.19. The Bertz CT molecular complexity index is 557. The predicted molar refractivity (Wildman–Crippen MR) is 84.5 cm³/mol. The first-order chi connectivity index (χ1) is 10.6. The first kappa shape index (κ1) is 15.3. The Morgan fingerprint density at radius 1 is 1.36 bits per heavy atom. The van der Waals surface area contributed by atoms with E-state index in [1.54, 1.807) is 4.90 Å². The van der Waals surface area contributed by atoms with Gasteiger partial charge in [-0.25, -0.2) is 0 Å². The van der Waals surface area contributed by atoms with Crippen molar-refractivity contribution in [3.8, 4) is 0 Å². The molecule has 0 unspecified atom stereocenters. The van der Waals surface area contributed by atoms with E-state index in [0.717, 1.165) is 5.56 Å². The van der Waals surface area contributed by atoms with Gasteiger partial charge in [0.1, 0.15) is 0 Å². The largest absolute Gasteiger partial charge is 0.353 e. The molecule has 22 heavy (non-hydrogen) atoms. The molecule has 2 N–H and O–H groups in total. The average Bonchev–Trinajstić information content (AvgIpc) is 3.34. The van der Waals surface area contributed by atoms with Crippen LogP contribution in [0.15, 0.2) is 24.3 Å². The molecule has 1 saturated heterocycles. The van der Waals surface area contributed by atoms with Crippen LogP contribution in [0.4, 0.5) is 0 Å². The molecule has 1 aliphatic carbocycles. The standard InChI is InChI=1S/C16H20ClN3O2/c17-13-5-3-12(4-6-13)16(11-1-2-11)19-9-15(22)20-8-7-18-14(21)10-20/h3-6,11,16,19H,1-2,7-10H2,(H,18,21)/t16-/m1/s1. The maximum atomic E-state index is 12.2. The molecule has 1 aliphatic heterocycles. The lowest BCUT2D eigenvalue weighted by Crippen LogP contribution is -2.52. The summed E-state index contributed by atoms with van der Waals surface area (Å²) in [5.74, 6) is 0.476. The molecule has 0 bridgehead atoms. The second-order valence-electron chi connectivity index (χ2n) is 5.91. The minimum atomic E-state index is -0.0870. The van der Waals surface area contributed by atoms with Gasteiger partial charge in [-0.1, -0.05) is 23.7 Å². The number of hydrogen-bond donors (Lipinski definition) is 2. The average molecular weight is 322 g/mol. The summed E-state index contributed by atoms with van der Waals surface area (Å²) >= 11 is 5.94.